The van der Waals surface area contributed by atoms with Gasteiger partial charge in [-0.05, 0) is 18.9 Å². The van der Waals surface area contributed by atoms with Crippen molar-refractivity contribution < 1.29 is 4.79 Å². The monoisotopic (exact) mass is 302 g/mol. The van der Waals surface area contributed by atoms with Gasteiger partial charge >= 0.3 is 0 Å². The van der Waals surface area contributed by atoms with Crippen LogP contribution in [-0.4, -0.2) is 58.2 Å². The summed E-state index contributed by atoms with van der Waals surface area (Å²) in [5, 5.41) is 4.13. The zero-order chi connectivity index (χ0) is 16.3. The molecule has 0 radical (unpaired) electrons. The Hall–Kier alpha value is -2.44. The molecule has 2 aromatic heterocycles. The Kier molecular flexibility index (Phi) is 4.75. The number of likely N-dealkylation sites (N-methyl/N-ethyl adjacent to an activating group) is 1. The van der Waals surface area contributed by atoms with Crippen molar-refractivity contribution in [2.24, 2.45) is 7.05 Å². The highest BCUT2D eigenvalue weighted by atomic mass is 16.2. The lowest BCUT2D eigenvalue weighted by Gasteiger charge is -2.18. The molecule has 0 atom stereocenters. The third kappa shape index (κ3) is 3.60. The van der Waals surface area contributed by atoms with E-state index in [1.165, 1.54) is 0 Å². The summed E-state index contributed by atoms with van der Waals surface area (Å²) in [4.78, 5) is 24.6. The van der Waals surface area contributed by atoms with Crippen LogP contribution in [0.3, 0.4) is 0 Å². The average Bonchev–Trinajstić information content (AvgIpc) is 2.89. The van der Waals surface area contributed by atoms with Crippen molar-refractivity contribution in [1.82, 2.24) is 24.6 Å². The van der Waals surface area contributed by atoms with Gasteiger partial charge in [-0.25, -0.2) is 9.97 Å². The standard InChI is InChI=1S/C15H22N6O/c1-11-13(9-16-15(18-11)19(2)3)14(22)20(4)7-6-12-8-17-21(5)10-12/h8-10H,6-7H2,1-5H3. The van der Waals surface area contributed by atoms with Gasteiger partial charge in [0.25, 0.3) is 5.91 Å². The van der Waals surface area contributed by atoms with E-state index in [0.717, 1.165) is 12.0 Å². The Labute approximate surface area is 130 Å². The van der Waals surface area contributed by atoms with E-state index in [4.69, 9.17) is 0 Å². The molecule has 22 heavy (non-hydrogen) atoms. The summed E-state index contributed by atoms with van der Waals surface area (Å²) >= 11 is 0. The molecule has 0 aliphatic heterocycles. The molecule has 2 aromatic rings. The molecule has 0 aliphatic rings. The van der Waals surface area contributed by atoms with Crippen molar-refractivity contribution in [2.45, 2.75) is 13.3 Å². The minimum atomic E-state index is -0.0632. The van der Waals surface area contributed by atoms with Crippen molar-refractivity contribution in [3.05, 3.63) is 35.4 Å². The van der Waals surface area contributed by atoms with Crippen LogP contribution in [0.2, 0.25) is 0 Å². The van der Waals surface area contributed by atoms with Gasteiger partial charge < -0.3 is 9.80 Å². The molecular weight excluding hydrogens is 280 g/mol. The number of aryl methyl sites for hydroxylation is 2. The van der Waals surface area contributed by atoms with Crippen LogP contribution in [0.1, 0.15) is 21.6 Å². The maximum atomic E-state index is 12.5. The van der Waals surface area contributed by atoms with Crippen molar-refractivity contribution >= 4 is 11.9 Å². The van der Waals surface area contributed by atoms with Gasteiger partial charge in [-0.3, -0.25) is 9.48 Å². The highest BCUT2D eigenvalue weighted by molar-refractivity contribution is 5.94. The first-order chi connectivity index (χ1) is 10.4. The van der Waals surface area contributed by atoms with E-state index in [-0.39, 0.29) is 5.91 Å². The largest absolute Gasteiger partial charge is 0.347 e. The molecule has 2 heterocycles. The summed E-state index contributed by atoms with van der Waals surface area (Å²) < 4.78 is 1.76. The lowest BCUT2D eigenvalue weighted by Crippen LogP contribution is -2.30. The number of anilines is 1. The number of aromatic nitrogens is 4. The quantitative estimate of drug-likeness (QED) is 0.821. The molecule has 7 heteroatoms. The smallest absolute Gasteiger partial charge is 0.257 e. The molecule has 0 unspecified atom stereocenters. The summed E-state index contributed by atoms with van der Waals surface area (Å²) in [6.07, 6.45) is 6.14. The SMILES string of the molecule is Cc1nc(N(C)C)ncc1C(=O)N(C)CCc1cnn(C)c1. The highest BCUT2D eigenvalue weighted by Gasteiger charge is 2.16. The zero-order valence-electron chi connectivity index (χ0n) is 13.7. The van der Waals surface area contributed by atoms with E-state index in [2.05, 4.69) is 15.1 Å². The second kappa shape index (κ2) is 6.55. The maximum absolute atomic E-state index is 12.5. The number of hydrogen-bond donors (Lipinski definition) is 0. The summed E-state index contributed by atoms with van der Waals surface area (Å²) in [6, 6.07) is 0. The summed E-state index contributed by atoms with van der Waals surface area (Å²) in [5.74, 6) is 0.541. The Morgan fingerprint density at radius 1 is 1.27 bits per heavy atom. The van der Waals surface area contributed by atoms with Crippen LogP contribution in [0.25, 0.3) is 0 Å². The second-order valence-electron chi connectivity index (χ2n) is 5.56. The van der Waals surface area contributed by atoms with E-state index < -0.39 is 0 Å². The maximum Gasteiger partial charge on any atom is 0.257 e. The second-order valence-corrected chi connectivity index (χ2v) is 5.56. The molecule has 0 aromatic carbocycles. The third-order valence-electron chi connectivity index (χ3n) is 3.44. The Balaban J connectivity index is 2.03. The summed E-state index contributed by atoms with van der Waals surface area (Å²) in [5.41, 5.74) is 2.34. The highest BCUT2D eigenvalue weighted by Crippen LogP contribution is 2.11. The fraction of sp³-hybridized carbons (Fsp3) is 0.467. The van der Waals surface area contributed by atoms with Crippen molar-refractivity contribution in [3.8, 4) is 0 Å². The van der Waals surface area contributed by atoms with Crippen molar-refractivity contribution in [3.63, 3.8) is 0 Å². The minimum Gasteiger partial charge on any atom is -0.347 e. The van der Waals surface area contributed by atoms with Crippen molar-refractivity contribution in [1.29, 1.82) is 0 Å². The van der Waals surface area contributed by atoms with Crippen LogP contribution in [0.15, 0.2) is 18.6 Å². The van der Waals surface area contributed by atoms with Gasteiger partial charge in [0.15, 0.2) is 0 Å². The van der Waals surface area contributed by atoms with Crippen LogP contribution in [0.5, 0.6) is 0 Å². The molecular formula is C15H22N6O. The van der Waals surface area contributed by atoms with E-state index in [1.54, 1.807) is 22.8 Å². The first-order valence-electron chi connectivity index (χ1n) is 7.12. The van der Waals surface area contributed by atoms with Crippen LogP contribution in [0, 0.1) is 6.92 Å². The fourth-order valence-corrected chi connectivity index (χ4v) is 2.09. The van der Waals surface area contributed by atoms with Crippen LogP contribution in [0.4, 0.5) is 5.95 Å². The Bertz CT molecular complexity index is 664. The number of carbonyl (C=O) groups is 1. The Morgan fingerprint density at radius 2 is 2.00 bits per heavy atom. The normalized spacial score (nSPS) is 10.6. The number of amides is 1. The first kappa shape index (κ1) is 15.9. The molecule has 0 saturated carbocycles. The molecule has 1 amide bonds. The zero-order valence-corrected chi connectivity index (χ0v) is 13.7. The van der Waals surface area contributed by atoms with Crippen molar-refractivity contribution in [2.75, 3.05) is 32.6 Å². The van der Waals surface area contributed by atoms with Gasteiger partial charge in [0.2, 0.25) is 5.95 Å². The molecule has 0 fully saturated rings. The van der Waals surface area contributed by atoms with Gasteiger partial charge in [0.1, 0.15) is 0 Å². The number of hydrogen-bond acceptors (Lipinski definition) is 5. The molecule has 2 rings (SSSR count). The summed E-state index contributed by atoms with van der Waals surface area (Å²) in [7, 11) is 7.41. The number of carbonyl (C=O) groups excluding carboxylic acids is 1. The third-order valence-corrected chi connectivity index (χ3v) is 3.44. The molecule has 7 nitrogen and oxygen atoms in total. The van der Waals surface area contributed by atoms with Crippen LogP contribution in [-0.2, 0) is 13.5 Å². The Morgan fingerprint density at radius 3 is 2.55 bits per heavy atom. The topological polar surface area (TPSA) is 67.2 Å². The van der Waals surface area contributed by atoms with E-state index in [9.17, 15) is 4.79 Å². The van der Waals surface area contributed by atoms with Gasteiger partial charge in [0.05, 0.1) is 17.5 Å². The average molecular weight is 302 g/mol. The number of rotatable bonds is 5. The summed E-state index contributed by atoms with van der Waals surface area (Å²) in [6.45, 7) is 2.45. The molecule has 0 aliphatic carbocycles. The predicted octanol–water partition coefficient (Wildman–Crippen LogP) is 0.899. The van der Waals surface area contributed by atoms with Crippen LogP contribution < -0.4 is 4.90 Å². The van der Waals surface area contributed by atoms with Gasteiger partial charge in [-0.15, -0.1) is 0 Å². The lowest BCUT2D eigenvalue weighted by atomic mass is 10.2. The predicted molar refractivity (Wildman–Crippen MR) is 85.0 cm³/mol. The van der Waals surface area contributed by atoms with Gasteiger partial charge in [0, 0.05) is 47.1 Å². The van der Waals surface area contributed by atoms with Gasteiger partial charge in [-0.2, -0.15) is 5.10 Å². The minimum absolute atomic E-state index is 0.0632. The number of nitrogens with zero attached hydrogens (tertiary/aromatic N) is 6. The van der Waals surface area contributed by atoms with Crippen LogP contribution >= 0.6 is 0 Å². The molecule has 0 spiro atoms. The molecule has 0 N–H and O–H groups in total. The first-order valence-corrected chi connectivity index (χ1v) is 7.12. The fourth-order valence-electron chi connectivity index (χ4n) is 2.09. The molecule has 118 valence electrons. The van der Waals surface area contributed by atoms with E-state index in [1.807, 2.05) is 45.4 Å². The van der Waals surface area contributed by atoms with E-state index >= 15 is 0 Å². The van der Waals surface area contributed by atoms with E-state index in [0.29, 0.717) is 23.8 Å². The lowest BCUT2D eigenvalue weighted by molar-refractivity contribution is 0.0795. The molecule has 0 saturated heterocycles. The van der Waals surface area contributed by atoms with Gasteiger partial charge in [-0.1, -0.05) is 0 Å². The molecule has 0 bridgehead atoms.